The van der Waals surface area contributed by atoms with Crippen molar-refractivity contribution < 1.29 is 9.53 Å². The van der Waals surface area contributed by atoms with Gasteiger partial charge in [0.15, 0.2) is 0 Å². The van der Waals surface area contributed by atoms with Gasteiger partial charge in [0.25, 0.3) is 0 Å². The van der Waals surface area contributed by atoms with Crippen molar-refractivity contribution in [3.8, 4) is 5.75 Å². The molecule has 28 heavy (non-hydrogen) atoms. The molecule has 6 heteroatoms. The summed E-state index contributed by atoms with van der Waals surface area (Å²) in [6.07, 6.45) is 2.10. The normalized spacial score (nSPS) is 11.0. The van der Waals surface area contributed by atoms with Gasteiger partial charge in [-0.05, 0) is 49.5 Å². The van der Waals surface area contributed by atoms with Crippen LogP contribution in [-0.2, 0) is 6.54 Å². The Morgan fingerprint density at radius 1 is 1.07 bits per heavy atom. The van der Waals surface area contributed by atoms with Gasteiger partial charge >= 0.3 is 6.03 Å². The largest absolute Gasteiger partial charge is 0.495 e. The molecular weight excluding hydrogens is 352 g/mol. The molecule has 0 radical (unpaired) electrons. The highest BCUT2D eigenvalue weighted by atomic mass is 16.5. The highest BCUT2D eigenvalue weighted by Crippen LogP contribution is 2.24. The molecule has 2 aromatic carbocycles. The van der Waals surface area contributed by atoms with Crippen molar-refractivity contribution in [3.63, 3.8) is 0 Å². The Kier molecular flexibility index (Phi) is 6.55. The lowest BCUT2D eigenvalue weighted by molar-refractivity contribution is 0.262. The molecule has 2 amide bonds. The molecular formula is C22H28N4O2. The summed E-state index contributed by atoms with van der Waals surface area (Å²) < 4.78 is 7.52. The van der Waals surface area contributed by atoms with E-state index in [0.29, 0.717) is 11.4 Å². The molecule has 0 unspecified atom stereocenters. The number of nitrogens with zero attached hydrogens (tertiary/aromatic N) is 2. The molecule has 3 rings (SSSR count). The summed E-state index contributed by atoms with van der Waals surface area (Å²) in [7, 11) is 1.58. The van der Waals surface area contributed by atoms with Gasteiger partial charge in [-0.3, -0.25) is 0 Å². The molecule has 148 valence electrons. The Hall–Kier alpha value is -2.99. The number of methoxy groups -OCH3 is 1. The van der Waals surface area contributed by atoms with Crippen LogP contribution in [-0.4, -0.2) is 42.2 Å². The topological polar surface area (TPSA) is 58.5 Å². The summed E-state index contributed by atoms with van der Waals surface area (Å²) in [5.74, 6) is 0.624. The number of rotatable bonds is 8. The van der Waals surface area contributed by atoms with E-state index < -0.39 is 0 Å². The zero-order valence-electron chi connectivity index (χ0n) is 16.7. The van der Waals surface area contributed by atoms with Crippen LogP contribution in [0.15, 0.2) is 54.7 Å². The molecule has 0 aliphatic rings. The maximum atomic E-state index is 12.3. The zero-order chi connectivity index (χ0) is 19.9. The van der Waals surface area contributed by atoms with Crippen LogP contribution in [0, 0.1) is 0 Å². The molecule has 1 heterocycles. The number of benzene rings is 2. The lowest BCUT2D eigenvalue weighted by atomic mass is 10.2. The van der Waals surface area contributed by atoms with Crippen molar-refractivity contribution in [2.75, 3.05) is 37.4 Å². The molecule has 0 saturated carbocycles. The van der Waals surface area contributed by atoms with E-state index in [1.54, 1.807) is 13.2 Å². The number of fused-ring (bicyclic) bond motifs is 1. The number of nitrogens with one attached hydrogen (secondary N) is 2. The van der Waals surface area contributed by atoms with Crippen molar-refractivity contribution in [2.45, 2.75) is 20.4 Å². The number of carbonyl (C=O) groups excluding carboxylic acids is 1. The van der Waals surface area contributed by atoms with E-state index in [1.807, 2.05) is 30.3 Å². The predicted octanol–water partition coefficient (Wildman–Crippen LogP) is 4.64. The first kappa shape index (κ1) is 19.8. The number of carbonyl (C=O) groups is 1. The SMILES string of the molecule is CCN(CC)CCn1ccc2cc(NC(=O)Nc3ccccc3OC)ccc21. The van der Waals surface area contributed by atoms with Gasteiger partial charge in [-0.1, -0.05) is 26.0 Å². The zero-order valence-corrected chi connectivity index (χ0v) is 16.7. The number of ether oxygens (including phenoxy) is 1. The van der Waals surface area contributed by atoms with Crippen molar-refractivity contribution in [2.24, 2.45) is 0 Å². The van der Waals surface area contributed by atoms with Crippen molar-refractivity contribution in [1.29, 1.82) is 0 Å². The van der Waals surface area contributed by atoms with Crippen molar-refractivity contribution in [3.05, 3.63) is 54.7 Å². The van der Waals surface area contributed by atoms with Crippen LogP contribution in [0.25, 0.3) is 10.9 Å². The Morgan fingerprint density at radius 3 is 2.61 bits per heavy atom. The van der Waals surface area contributed by atoms with Crippen LogP contribution < -0.4 is 15.4 Å². The third-order valence-corrected chi connectivity index (χ3v) is 4.94. The average Bonchev–Trinajstić information content (AvgIpc) is 3.11. The quantitative estimate of drug-likeness (QED) is 0.599. The standard InChI is InChI=1S/C22H28N4O2/c1-4-25(5-2)14-15-26-13-12-17-16-18(10-11-20(17)26)23-22(27)24-19-8-6-7-9-21(19)28-3/h6-13,16H,4-5,14-15H2,1-3H3,(H2,23,24,27). The van der Waals surface area contributed by atoms with E-state index in [0.717, 1.165) is 37.3 Å². The molecule has 6 nitrogen and oxygen atoms in total. The fourth-order valence-corrected chi connectivity index (χ4v) is 3.29. The van der Waals surface area contributed by atoms with Crippen LogP contribution in [0.5, 0.6) is 5.75 Å². The van der Waals surface area contributed by atoms with E-state index in [1.165, 1.54) is 5.52 Å². The Labute approximate surface area is 166 Å². The van der Waals surface area contributed by atoms with Crippen LogP contribution >= 0.6 is 0 Å². The van der Waals surface area contributed by atoms with Gasteiger partial charge in [0, 0.05) is 35.9 Å². The second-order valence-corrected chi connectivity index (χ2v) is 6.59. The molecule has 0 spiro atoms. The predicted molar refractivity (Wildman–Crippen MR) is 115 cm³/mol. The molecule has 0 saturated heterocycles. The minimum atomic E-state index is -0.301. The van der Waals surface area contributed by atoms with E-state index in [9.17, 15) is 4.79 Å². The summed E-state index contributed by atoms with van der Waals surface area (Å²) in [4.78, 5) is 14.8. The first-order valence-electron chi connectivity index (χ1n) is 9.66. The Balaban J connectivity index is 1.67. The monoisotopic (exact) mass is 380 g/mol. The summed E-state index contributed by atoms with van der Waals surface area (Å²) >= 11 is 0. The number of aromatic nitrogens is 1. The molecule has 0 bridgehead atoms. The summed E-state index contributed by atoms with van der Waals surface area (Å²) in [5.41, 5.74) is 2.55. The van der Waals surface area contributed by atoms with Crippen molar-refractivity contribution >= 4 is 28.3 Å². The van der Waals surface area contributed by atoms with Gasteiger partial charge in [0.1, 0.15) is 5.75 Å². The van der Waals surface area contributed by atoms with E-state index >= 15 is 0 Å². The lowest BCUT2D eigenvalue weighted by Gasteiger charge is -2.18. The number of hydrogen-bond donors (Lipinski definition) is 2. The van der Waals surface area contributed by atoms with Crippen molar-refractivity contribution in [1.82, 2.24) is 9.47 Å². The number of anilines is 2. The number of hydrogen-bond acceptors (Lipinski definition) is 3. The number of amides is 2. The van der Waals surface area contributed by atoms with Crippen LogP contribution in [0.1, 0.15) is 13.8 Å². The van der Waals surface area contributed by atoms with Gasteiger partial charge in [-0.2, -0.15) is 0 Å². The van der Waals surface area contributed by atoms with E-state index in [-0.39, 0.29) is 6.03 Å². The Bertz CT molecular complexity index is 931. The minimum absolute atomic E-state index is 0.301. The average molecular weight is 380 g/mol. The Morgan fingerprint density at radius 2 is 1.86 bits per heavy atom. The highest BCUT2D eigenvalue weighted by molar-refractivity contribution is 6.01. The summed E-state index contributed by atoms with van der Waals surface area (Å²) in [6, 6.07) is 15.1. The summed E-state index contributed by atoms with van der Waals surface area (Å²) in [5, 5.41) is 6.82. The second-order valence-electron chi connectivity index (χ2n) is 6.59. The van der Waals surface area contributed by atoms with Gasteiger partial charge < -0.3 is 24.8 Å². The molecule has 1 aromatic heterocycles. The number of para-hydroxylation sites is 2. The van der Waals surface area contributed by atoms with Gasteiger partial charge in [0.2, 0.25) is 0 Å². The fraction of sp³-hybridized carbons (Fsp3) is 0.318. The number of likely N-dealkylation sites (N-methyl/N-ethyl adjacent to an activating group) is 1. The smallest absolute Gasteiger partial charge is 0.323 e. The van der Waals surface area contributed by atoms with E-state index in [2.05, 4.69) is 52.3 Å². The minimum Gasteiger partial charge on any atom is -0.495 e. The second kappa shape index (κ2) is 9.28. The molecule has 2 N–H and O–H groups in total. The van der Waals surface area contributed by atoms with E-state index in [4.69, 9.17) is 4.74 Å². The fourth-order valence-electron chi connectivity index (χ4n) is 3.29. The summed E-state index contributed by atoms with van der Waals surface area (Å²) in [6.45, 7) is 8.47. The van der Waals surface area contributed by atoms with Gasteiger partial charge in [-0.25, -0.2) is 4.79 Å². The maximum Gasteiger partial charge on any atom is 0.323 e. The van der Waals surface area contributed by atoms with Gasteiger partial charge in [0.05, 0.1) is 12.8 Å². The molecule has 0 fully saturated rings. The maximum absolute atomic E-state index is 12.3. The van der Waals surface area contributed by atoms with Gasteiger partial charge in [-0.15, -0.1) is 0 Å². The third-order valence-electron chi connectivity index (χ3n) is 4.94. The molecule has 0 aliphatic carbocycles. The first-order valence-corrected chi connectivity index (χ1v) is 9.66. The highest BCUT2D eigenvalue weighted by Gasteiger charge is 2.09. The lowest BCUT2D eigenvalue weighted by Crippen LogP contribution is -2.26. The molecule has 0 atom stereocenters. The molecule has 0 aliphatic heterocycles. The molecule has 3 aromatic rings. The number of urea groups is 1. The van der Waals surface area contributed by atoms with Crippen LogP contribution in [0.2, 0.25) is 0 Å². The third kappa shape index (κ3) is 4.64. The first-order chi connectivity index (χ1) is 13.6. The van der Waals surface area contributed by atoms with Crippen LogP contribution in [0.3, 0.4) is 0 Å². The van der Waals surface area contributed by atoms with Crippen LogP contribution in [0.4, 0.5) is 16.2 Å².